The van der Waals surface area contributed by atoms with E-state index in [1.807, 2.05) is 90.7 Å². The smallest absolute Gasteiger partial charge is 0.258 e. The highest BCUT2D eigenvalue weighted by Gasteiger charge is 2.28. The number of nitrogens with zero attached hydrogens (tertiary/aromatic N) is 1. The molecule has 1 aliphatic heterocycles. The summed E-state index contributed by atoms with van der Waals surface area (Å²) in [7, 11) is 0. The van der Waals surface area contributed by atoms with Gasteiger partial charge >= 0.3 is 0 Å². The van der Waals surface area contributed by atoms with Gasteiger partial charge in [0.05, 0.1) is 5.56 Å². The van der Waals surface area contributed by atoms with E-state index in [0.717, 1.165) is 45.2 Å². The van der Waals surface area contributed by atoms with Crippen molar-refractivity contribution in [2.75, 3.05) is 0 Å². The number of ether oxygens (including phenoxy) is 2. The number of fused-ring (bicyclic) bond motifs is 1. The van der Waals surface area contributed by atoms with Crippen molar-refractivity contribution in [3.05, 3.63) is 137 Å². The predicted molar refractivity (Wildman–Crippen MR) is 157 cm³/mol. The van der Waals surface area contributed by atoms with E-state index >= 15 is 0 Å². The maximum atomic E-state index is 14.0. The molecular weight excluding hydrogens is 498 g/mol. The van der Waals surface area contributed by atoms with Crippen LogP contribution in [0.4, 0.5) is 0 Å². The summed E-state index contributed by atoms with van der Waals surface area (Å²) in [6.07, 6.45) is 2.13. The zero-order valence-electron chi connectivity index (χ0n) is 22.8. The molecule has 0 fully saturated rings. The van der Waals surface area contributed by atoms with E-state index in [1.165, 1.54) is 0 Å². The number of rotatable bonds is 11. The van der Waals surface area contributed by atoms with Crippen molar-refractivity contribution < 1.29 is 19.1 Å². The van der Waals surface area contributed by atoms with Crippen molar-refractivity contribution in [3.63, 3.8) is 0 Å². The molecule has 0 saturated carbocycles. The summed E-state index contributed by atoms with van der Waals surface area (Å²) in [5.74, 6) is 0.996. The summed E-state index contributed by atoms with van der Waals surface area (Å²) in [6.45, 7) is 7.82. The molecule has 4 aromatic carbocycles. The minimum Gasteiger partial charge on any atom is -0.488 e. The minimum atomic E-state index is -0.106. The molecule has 0 aromatic heterocycles. The SMILES string of the molecule is C=C(C)c1cc(C(=O)N2Cc3ccc(CCC=O)cc3C2)c(OCc2ccccc2)cc1OCc1ccccc1. The molecule has 1 amide bonds. The highest BCUT2D eigenvalue weighted by Crippen LogP contribution is 2.36. The number of carbonyl (C=O) groups excluding carboxylic acids is 2. The first kappa shape index (κ1) is 26.9. The van der Waals surface area contributed by atoms with Crippen LogP contribution in [0.1, 0.15) is 57.1 Å². The molecule has 0 aliphatic carbocycles. The van der Waals surface area contributed by atoms with Crippen LogP contribution in [0, 0.1) is 0 Å². The largest absolute Gasteiger partial charge is 0.488 e. The van der Waals surface area contributed by atoms with Gasteiger partial charge in [-0.05, 0) is 52.8 Å². The lowest BCUT2D eigenvalue weighted by atomic mass is 10.0. The Balaban J connectivity index is 1.45. The molecule has 1 heterocycles. The van der Waals surface area contributed by atoms with E-state index in [4.69, 9.17) is 9.47 Å². The lowest BCUT2D eigenvalue weighted by Crippen LogP contribution is -2.26. The Morgan fingerprint density at radius 2 is 1.38 bits per heavy atom. The van der Waals surface area contributed by atoms with Crippen LogP contribution in [0.25, 0.3) is 5.57 Å². The highest BCUT2D eigenvalue weighted by molar-refractivity contribution is 5.98. The van der Waals surface area contributed by atoms with Crippen LogP contribution in [-0.4, -0.2) is 17.1 Å². The average Bonchev–Trinajstić information content (AvgIpc) is 3.42. The summed E-state index contributed by atoms with van der Waals surface area (Å²) in [4.78, 5) is 26.7. The highest BCUT2D eigenvalue weighted by atomic mass is 16.5. The first-order valence-corrected chi connectivity index (χ1v) is 13.5. The molecule has 5 nitrogen and oxygen atoms in total. The van der Waals surface area contributed by atoms with Gasteiger partial charge in [0, 0.05) is 31.1 Å². The Labute approximate surface area is 235 Å². The number of carbonyl (C=O) groups is 2. The molecular formula is C35H33NO4. The minimum absolute atomic E-state index is 0.106. The molecule has 4 aromatic rings. The molecule has 0 unspecified atom stereocenters. The van der Waals surface area contributed by atoms with Crippen molar-refractivity contribution in [1.29, 1.82) is 0 Å². The number of amides is 1. The first-order valence-electron chi connectivity index (χ1n) is 13.5. The van der Waals surface area contributed by atoms with Gasteiger partial charge in [-0.1, -0.05) is 85.4 Å². The topological polar surface area (TPSA) is 55.8 Å². The van der Waals surface area contributed by atoms with Gasteiger partial charge in [0.15, 0.2) is 0 Å². The fourth-order valence-electron chi connectivity index (χ4n) is 4.91. The summed E-state index contributed by atoms with van der Waals surface area (Å²) < 4.78 is 12.5. The monoisotopic (exact) mass is 531 g/mol. The second-order valence-corrected chi connectivity index (χ2v) is 10.1. The van der Waals surface area contributed by atoms with Crippen molar-refractivity contribution in [1.82, 2.24) is 4.90 Å². The summed E-state index contributed by atoms with van der Waals surface area (Å²) in [6, 6.07) is 29.7. The predicted octanol–water partition coefficient (Wildman–Crippen LogP) is 7.17. The Bertz CT molecular complexity index is 1510. The molecule has 5 heteroatoms. The number of benzene rings is 4. The van der Waals surface area contributed by atoms with Crippen molar-refractivity contribution in [2.45, 2.75) is 46.1 Å². The molecule has 0 N–H and O–H groups in total. The first-order chi connectivity index (χ1) is 19.5. The molecule has 0 bridgehead atoms. The quantitative estimate of drug-likeness (QED) is 0.193. The molecule has 202 valence electrons. The molecule has 1 aliphatic rings. The second kappa shape index (κ2) is 12.5. The zero-order valence-corrected chi connectivity index (χ0v) is 22.8. The third-order valence-electron chi connectivity index (χ3n) is 7.08. The van der Waals surface area contributed by atoms with Crippen molar-refractivity contribution in [2.24, 2.45) is 0 Å². The molecule has 0 saturated heterocycles. The van der Waals surface area contributed by atoms with Gasteiger partial charge in [0.1, 0.15) is 31.0 Å². The van der Waals surface area contributed by atoms with Crippen LogP contribution in [0.2, 0.25) is 0 Å². The number of hydrogen-bond acceptors (Lipinski definition) is 4. The van der Waals surface area contributed by atoms with Gasteiger partial charge in [-0.15, -0.1) is 0 Å². The van der Waals surface area contributed by atoms with Crippen molar-refractivity contribution in [3.8, 4) is 11.5 Å². The van der Waals surface area contributed by atoms with E-state index < -0.39 is 0 Å². The molecule has 5 rings (SSSR count). The van der Waals surface area contributed by atoms with Crippen LogP contribution < -0.4 is 9.47 Å². The Morgan fingerprint density at radius 1 is 0.775 bits per heavy atom. The maximum absolute atomic E-state index is 14.0. The van der Waals surface area contributed by atoms with E-state index in [1.54, 1.807) is 0 Å². The molecule has 0 spiro atoms. The standard InChI is InChI=1S/C35H33NO4/c1-25(2)31-19-32(35(38)36-21-29-16-15-26(14-9-17-37)18-30(29)22-36)34(40-24-28-12-7-4-8-13-28)20-33(31)39-23-27-10-5-3-6-11-27/h3-8,10-13,15-20H,1,9,14,21-24H2,2H3. The van der Waals surface area contributed by atoms with Gasteiger partial charge in [-0.2, -0.15) is 0 Å². The zero-order chi connectivity index (χ0) is 27.9. The summed E-state index contributed by atoms with van der Waals surface area (Å²) >= 11 is 0. The van der Waals surface area contributed by atoms with Gasteiger partial charge < -0.3 is 19.2 Å². The van der Waals surface area contributed by atoms with Crippen LogP contribution in [0.3, 0.4) is 0 Å². The molecule has 40 heavy (non-hydrogen) atoms. The Hall–Kier alpha value is -4.64. The van der Waals surface area contributed by atoms with Gasteiger partial charge in [-0.25, -0.2) is 0 Å². The summed E-state index contributed by atoms with van der Waals surface area (Å²) in [5.41, 5.74) is 7.46. The number of aldehydes is 1. The second-order valence-electron chi connectivity index (χ2n) is 10.1. The normalized spacial score (nSPS) is 12.1. The molecule has 0 radical (unpaired) electrons. The average molecular weight is 532 g/mol. The van der Waals surface area contributed by atoms with E-state index in [-0.39, 0.29) is 5.91 Å². The van der Waals surface area contributed by atoms with Crippen LogP contribution in [0.5, 0.6) is 11.5 Å². The Kier molecular flexibility index (Phi) is 8.41. The van der Waals surface area contributed by atoms with Crippen molar-refractivity contribution >= 4 is 17.8 Å². The summed E-state index contributed by atoms with van der Waals surface area (Å²) in [5, 5.41) is 0. The van der Waals surface area contributed by atoms with Crippen LogP contribution in [-0.2, 0) is 37.5 Å². The van der Waals surface area contributed by atoms with E-state index in [2.05, 4.69) is 18.7 Å². The fraction of sp³-hybridized carbons (Fsp3) is 0.200. The number of hydrogen-bond donors (Lipinski definition) is 0. The number of aryl methyl sites for hydroxylation is 1. The molecule has 0 atom stereocenters. The third-order valence-corrected chi connectivity index (χ3v) is 7.08. The van der Waals surface area contributed by atoms with Crippen LogP contribution >= 0.6 is 0 Å². The number of allylic oxidation sites excluding steroid dienone is 1. The van der Waals surface area contributed by atoms with Gasteiger partial charge in [-0.3, -0.25) is 4.79 Å². The lowest BCUT2D eigenvalue weighted by molar-refractivity contribution is -0.107. The maximum Gasteiger partial charge on any atom is 0.258 e. The van der Waals surface area contributed by atoms with E-state index in [9.17, 15) is 9.59 Å². The fourth-order valence-corrected chi connectivity index (χ4v) is 4.91. The van der Waals surface area contributed by atoms with Gasteiger partial charge in [0.25, 0.3) is 5.91 Å². The van der Waals surface area contributed by atoms with E-state index in [0.29, 0.717) is 56.2 Å². The van der Waals surface area contributed by atoms with Gasteiger partial charge in [0.2, 0.25) is 0 Å². The van der Waals surface area contributed by atoms with Crippen LogP contribution in [0.15, 0.2) is 97.6 Å². The third kappa shape index (κ3) is 6.32. The Morgan fingerprint density at radius 3 is 1.98 bits per heavy atom. The lowest BCUT2D eigenvalue weighted by Gasteiger charge is -2.21.